The quantitative estimate of drug-likeness (QED) is 0.332. The van der Waals surface area contributed by atoms with E-state index in [2.05, 4.69) is 46.5 Å². The molecule has 3 saturated carbocycles. The number of allylic oxidation sites excluding steroid dienone is 1. The summed E-state index contributed by atoms with van der Waals surface area (Å²) in [6, 6.07) is 2.29. The number of fused-ring (bicyclic) bond motifs is 5. The molecule has 1 aromatic rings. The summed E-state index contributed by atoms with van der Waals surface area (Å²) in [6.07, 6.45) is 16.7. The first-order valence-corrected chi connectivity index (χ1v) is 18.0. The minimum Gasteiger partial charge on any atom is -0.389 e. The Morgan fingerprint density at radius 3 is 2.34 bits per heavy atom. The van der Waals surface area contributed by atoms with Gasteiger partial charge < -0.3 is 24.4 Å². The predicted octanol–water partition coefficient (Wildman–Crippen LogP) is 6.61. The molecule has 5 fully saturated rings. The van der Waals surface area contributed by atoms with Crippen LogP contribution in [0.15, 0.2) is 28.5 Å². The molecule has 0 spiro atoms. The lowest BCUT2D eigenvalue weighted by atomic mass is 9.45. The van der Waals surface area contributed by atoms with Crippen molar-refractivity contribution in [3.63, 3.8) is 0 Å². The maximum absolute atomic E-state index is 12.9. The minimum atomic E-state index is -0.695. The van der Waals surface area contributed by atoms with Gasteiger partial charge in [-0.1, -0.05) is 25.5 Å². The summed E-state index contributed by atoms with van der Waals surface area (Å²) in [7, 11) is 0. The molecule has 2 saturated heterocycles. The molecule has 6 heteroatoms. The molecular weight excluding hydrogens is 528 g/mol. The van der Waals surface area contributed by atoms with Crippen LogP contribution < -0.4 is 0 Å². The number of likely N-dealkylation sites (tertiary alicyclic amines) is 2. The highest BCUT2D eigenvalue weighted by molar-refractivity contribution is 7.08. The summed E-state index contributed by atoms with van der Waals surface area (Å²) < 4.78 is 13.6. The fourth-order valence-electron chi connectivity index (χ4n) is 10.7. The van der Waals surface area contributed by atoms with E-state index >= 15 is 0 Å². The number of hydrogen-bond donors (Lipinski definition) is 1. The van der Waals surface area contributed by atoms with Gasteiger partial charge in [-0.25, -0.2) is 0 Å². The largest absolute Gasteiger partial charge is 0.389 e. The van der Waals surface area contributed by atoms with Crippen LogP contribution in [0.2, 0.25) is 0 Å². The fourth-order valence-corrected chi connectivity index (χ4v) is 11.4. The van der Waals surface area contributed by atoms with Gasteiger partial charge in [-0.05, 0) is 143 Å². The second kappa shape index (κ2) is 11.3. The molecule has 5 nitrogen and oxygen atoms in total. The molecule has 0 aromatic carbocycles. The van der Waals surface area contributed by atoms with Crippen LogP contribution in [-0.2, 0) is 15.1 Å². The summed E-state index contributed by atoms with van der Waals surface area (Å²) in [5.74, 6) is 0.860. The van der Waals surface area contributed by atoms with E-state index in [9.17, 15) is 5.11 Å². The summed E-state index contributed by atoms with van der Waals surface area (Å²) in [5.41, 5.74) is 1.78. The van der Waals surface area contributed by atoms with Crippen molar-refractivity contribution in [2.45, 2.75) is 108 Å². The van der Waals surface area contributed by atoms with Crippen LogP contribution in [0.5, 0.6) is 0 Å². The van der Waals surface area contributed by atoms with Crippen molar-refractivity contribution in [3.8, 4) is 0 Å². The van der Waals surface area contributed by atoms with E-state index in [1.807, 2.05) is 0 Å². The van der Waals surface area contributed by atoms with Gasteiger partial charge in [0.1, 0.15) is 5.60 Å². The zero-order chi connectivity index (χ0) is 28.1. The van der Waals surface area contributed by atoms with E-state index < -0.39 is 11.2 Å². The fraction of sp³-hybridized carbons (Fsp3) is 0.829. The Bertz CT molecular complexity index is 1080. The second-order valence-electron chi connectivity index (χ2n) is 14.9. The smallest absolute Gasteiger partial charge is 0.102 e. The highest BCUT2D eigenvalue weighted by atomic mass is 32.1. The zero-order valence-corrected chi connectivity index (χ0v) is 26.6. The third kappa shape index (κ3) is 4.73. The van der Waals surface area contributed by atoms with Crippen LogP contribution in [0.3, 0.4) is 0 Å². The van der Waals surface area contributed by atoms with E-state index in [1.54, 1.807) is 16.9 Å². The topological polar surface area (TPSA) is 45.2 Å². The van der Waals surface area contributed by atoms with Gasteiger partial charge in [0.15, 0.2) is 0 Å². The van der Waals surface area contributed by atoms with Gasteiger partial charge in [-0.2, -0.15) is 11.3 Å². The molecule has 228 valence electrons. The van der Waals surface area contributed by atoms with Crippen LogP contribution >= 0.6 is 11.3 Å². The molecule has 41 heavy (non-hydrogen) atoms. The Hall–Kier alpha value is -0.760. The first-order valence-electron chi connectivity index (χ1n) is 17.0. The average Bonchev–Trinajstić information content (AvgIpc) is 3.79. The predicted molar refractivity (Wildman–Crippen MR) is 166 cm³/mol. The average molecular weight is 583 g/mol. The van der Waals surface area contributed by atoms with Gasteiger partial charge >= 0.3 is 0 Å². The van der Waals surface area contributed by atoms with Gasteiger partial charge in [0.2, 0.25) is 0 Å². The van der Waals surface area contributed by atoms with Crippen molar-refractivity contribution in [1.29, 1.82) is 0 Å². The van der Waals surface area contributed by atoms with Crippen molar-refractivity contribution < 1.29 is 14.6 Å². The number of thiophene rings is 1. The maximum Gasteiger partial charge on any atom is 0.102 e. The lowest BCUT2D eigenvalue weighted by Crippen LogP contribution is -2.63. The van der Waals surface area contributed by atoms with Gasteiger partial charge in [0.05, 0.1) is 24.9 Å². The molecule has 3 heterocycles. The standard InChI is InChI=1S/C35H54N2O3S/c1-32-12-9-29(39-22-20-36-16-3-4-17-36)25-27(32)7-8-31-30(32)10-13-33(2)34(31,38)14-15-35(33,28-11-24-41-26-28)40-23-21-37-18-5-6-19-37/h7,11,24,26,29-31,38H,3-6,8-10,12-23,25H2,1-2H3/t29-,30-,31+,32-,33-,34-,35+/m0/s1. The van der Waals surface area contributed by atoms with Gasteiger partial charge in [-0.3, -0.25) is 0 Å². The van der Waals surface area contributed by atoms with Crippen molar-refractivity contribution in [2.24, 2.45) is 22.7 Å². The molecule has 0 radical (unpaired) electrons. The van der Waals surface area contributed by atoms with Gasteiger partial charge in [0.25, 0.3) is 0 Å². The molecule has 1 aromatic heterocycles. The molecule has 4 aliphatic carbocycles. The SMILES string of the molecule is C[C@]12CC[C@H]3[C@@H](CC=C4C[C@@H](OCCN5CCCC5)CC[C@@]43C)[C@@]1(O)CC[C@@]2(OCCN1CCCC1)c1ccsc1. The highest BCUT2D eigenvalue weighted by Crippen LogP contribution is 2.71. The van der Waals surface area contributed by atoms with Gasteiger partial charge in [-0.15, -0.1) is 0 Å². The number of ether oxygens (including phenoxy) is 2. The van der Waals surface area contributed by atoms with Crippen LogP contribution in [0, 0.1) is 22.7 Å². The lowest BCUT2D eigenvalue weighted by Gasteiger charge is -2.62. The number of rotatable bonds is 9. The monoisotopic (exact) mass is 582 g/mol. The Kier molecular flexibility index (Phi) is 7.99. The van der Waals surface area contributed by atoms with Crippen molar-refractivity contribution in [1.82, 2.24) is 9.80 Å². The number of hydrogen-bond acceptors (Lipinski definition) is 6. The summed E-state index contributed by atoms with van der Waals surface area (Å²) in [5, 5.41) is 17.5. The Balaban J connectivity index is 1.08. The number of nitrogens with zero attached hydrogens (tertiary/aromatic N) is 2. The van der Waals surface area contributed by atoms with Crippen LogP contribution in [0.1, 0.15) is 96.5 Å². The van der Waals surface area contributed by atoms with Crippen molar-refractivity contribution in [2.75, 3.05) is 52.5 Å². The third-order valence-electron chi connectivity index (χ3n) is 13.3. The Labute approximate surface area is 252 Å². The van der Waals surface area contributed by atoms with E-state index in [1.165, 1.54) is 70.3 Å². The lowest BCUT2D eigenvalue weighted by molar-refractivity contribution is -0.233. The van der Waals surface area contributed by atoms with E-state index in [-0.39, 0.29) is 10.8 Å². The molecule has 0 bridgehead atoms. The molecule has 7 rings (SSSR count). The first kappa shape index (κ1) is 29.0. The van der Waals surface area contributed by atoms with Crippen molar-refractivity contribution >= 4 is 11.3 Å². The summed E-state index contributed by atoms with van der Waals surface area (Å²) >= 11 is 1.77. The Morgan fingerprint density at radius 2 is 1.63 bits per heavy atom. The Morgan fingerprint density at radius 1 is 0.902 bits per heavy atom. The van der Waals surface area contributed by atoms with E-state index in [0.717, 1.165) is 64.8 Å². The van der Waals surface area contributed by atoms with E-state index in [0.29, 0.717) is 17.9 Å². The minimum absolute atomic E-state index is 0.193. The zero-order valence-electron chi connectivity index (χ0n) is 25.7. The first-order chi connectivity index (χ1) is 19.9. The molecule has 2 aliphatic heterocycles. The maximum atomic E-state index is 12.9. The molecular formula is C35H54N2O3S. The summed E-state index contributed by atoms with van der Waals surface area (Å²) in [6.45, 7) is 13.6. The van der Waals surface area contributed by atoms with Crippen LogP contribution in [0.25, 0.3) is 0 Å². The third-order valence-corrected chi connectivity index (χ3v) is 13.9. The molecule has 7 atom stereocenters. The molecule has 1 N–H and O–H groups in total. The number of aliphatic hydroxyl groups is 1. The molecule has 0 amide bonds. The van der Waals surface area contributed by atoms with Crippen LogP contribution in [0.4, 0.5) is 0 Å². The highest BCUT2D eigenvalue weighted by Gasteiger charge is 2.72. The van der Waals surface area contributed by atoms with Crippen molar-refractivity contribution in [3.05, 3.63) is 34.0 Å². The summed E-state index contributed by atoms with van der Waals surface area (Å²) in [4.78, 5) is 5.12. The normalized spacial score (nSPS) is 43.1. The van der Waals surface area contributed by atoms with Crippen LogP contribution in [-0.4, -0.2) is 79.1 Å². The van der Waals surface area contributed by atoms with E-state index in [4.69, 9.17) is 9.47 Å². The molecule has 6 aliphatic rings. The molecule has 0 unspecified atom stereocenters. The van der Waals surface area contributed by atoms with Gasteiger partial charge in [0, 0.05) is 18.5 Å². The second-order valence-corrected chi connectivity index (χ2v) is 15.7.